The molecule has 0 radical (unpaired) electrons. The minimum atomic E-state index is -0.198. The number of fused-ring (bicyclic) bond motifs is 1. The lowest BCUT2D eigenvalue weighted by atomic mass is 10.1. The molecule has 0 saturated carbocycles. The Hall–Kier alpha value is -2.08. The molecule has 0 spiro atoms. The summed E-state index contributed by atoms with van der Waals surface area (Å²) in [6, 6.07) is 4.86. The van der Waals surface area contributed by atoms with Crippen LogP contribution in [0.1, 0.15) is 31.7 Å². The van der Waals surface area contributed by atoms with Crippen molar-refractivity contribution >= 4 is 16.9 Å². The molecule has 6 heteroatoms. The van der Waals surface area contributed by atoms with Gasteiger partial charge >= 0.3 is 0 Å². The van der Waals surface area contributed by atoms with Gasteiger partial charge < -0.3 is 20.5 Å². The summed E-state index contributed by atoms with van der Waals surface area (Å²) in [6.45, 7) is 7.57. The van der Waals surface area contributed by atoms with Crippen molar-refractivity contribution in [3.63, 3.8) is 0 Å². The van der Waals surface area contributed by atoms with Crippen molar-refractivity contribution in [1.29, 1.82) is 0 Å². The highest BCUT2D eigenvalue weighted by molar-refractivity contribution is 5.83. The predicted molar refractivity (Wildman–Crippen MR) is 111 cm³/mol. The average molecular weight is 374 g/mol. The van der Waals surface area contributed by atoms with Gasteiger partial charge in [-0.15, -0.1) is 0 Å². The summed E-state index contributed by atoms with van der Waals surface area (Å²) in [4.78, 5) is 10.1. The Kier molecular flexibility index (Phi) is 7.10. The molecule has 0 aliphatic carbocycles. The summed E-state index contributed by atoms with van der Waals surface area (Å²) in [5.41, 5.74) is 2.09. The van der Waals surface area contributed by atoms with Crippen molar-refractivity contribution < 1.29 is 4.39 Å². The number of likely N-dealkylation sites (tertiary alicyclic amines) is 1. The number of hydrogen-bond donors (Lipinski definition) is 3. The van der Waals surface area contributed by atoms with Gasteiger partial charge in [-0.05, 0) is 62.0 Å². The molecule has 1 aliphatic heterocycles. The molecule has 1 fully saturated rings. The van der Waals surface area contributed by atoms with Gasteiger partial charge in [0.05, 0.1) is 0 Å². The molecule has 1 unspecified atom stereocenters. The summed E-state index contributed by atoms with van der Waals surface area (Å²) < 4.78 is 13.5. The maximum atomic E-state index is 13.5. The van der Waals surface area contributed by atoms with Crippen LogP contribution in [-0.2, 0) is 6.42 Å². The molecule has 2 heterocycles. The second-order valence-electron chi connectivity index (χ2n) is 7.60. The van der Waals surface area contributed by atoms with Crippen molar-refractivity contribution in [2.45, 2.75) is 32.6 Å². The monoisotopic (exact) mass is 373 g/mol. The van der Waals surface area contributed by atoms with E-state index < -0.39 is 0 Å². The molecular weight excluding hydrogens is 341 g/mol. The second-order valence-corrected chi connectivity index (χ2v) is 7.60. The van der Waals surface area contributed by atoms with Gasteiger partial charge in [-0.25, -0.2) is 4.39 Å². The zero-order valence-electron chi connectivity index (χ0n) is 16.5. The number of nitrogens with zero attached hydrogens (tertiary/aromatic N) is 2. The third-order valence-electron chi connectivity index (χ3n) is 5.28. The van der Waals surface area contributed by atoms with Crippen LogP contribution >= 0.6 is 0 Å². The van der Waals surface area contributed by atoms with Gasteiger partial charge in [-0.2, -0.15) is 0 Å². The number of guanidine groups is 1. The van der Waals surface area contributed by atoms with E-state index in [1.165, 1.54) is 38.4 Å². The third kappa shape index (κ3) is 5.70. The lowest BCUT2D eigenvalue weighted by molar-refractivity contribution is 0.201. The van der Waals surface area contributed by atoms with Gasteiger partial charge in [0.25, 0.3) is 0 Å². The number of rotatable bonds is 7. The van der Waals surface area contributed by atoms with Gasteiger partial charge in [0, 0.05) is 43.8 Å². The standard InChI is InChI=1S/C21H32FN5/c1-16(15-27-10-4-3-5-11-27)13-26-21(23-2)24-9-8-17-14-25-20-7-6-18(22)12-19(17)20/h6-7,12,14,16,25H,3-5,8-11,13,15H2,1-2H3,(H2,23,24,26). The molecule has 0 amide bonds. The van der Waals surface area contributed by atoms with Gasteiger partial charge in [0.1, 0.15) is 5.82 Å². The number of halogens is 1. The van der Waals surface area contributed by atoms with Crippen LogP contribution in [-0.4, -0.2) is 55.6 Å². The normalized spacial score (nSPS) is 17.2. The minimum Gasteiger partial charge on any atom is -0.361 e. The van der Waals surface area contributed by atoms with Gasteiger partial charge in [-0.1, -0.05) is 13.3 Å². The van der Waals surface area contributed by atoms with Crippen molar-refractivity contribution in [3.05, 3.63) is 35.8 Å². The molecule has 5 nitrogen and oxygen atoms in total. The molecule has 3 N–H and O–H groups in total. The second kappa shape index (κ2) is 9.74. The zero-order chi connectivity index (χ0) is 19.1. The molecule has 3 rings (SSSR count). The van der Waals surface area contributed by atoms with Crippen LogP contribution < -0.4 is 10.6 Å². The van der Waals surface area contributed by atoms with Crippen molar-refractivity contribution in [2.24, 2.45) is 10.9 Å². The number of nitrogens with one attached hydrogen (secondary N) is 3. The Morgan fingerprint density at radius 3 is 2.85 bits per heavy atom. The van der Waals surface area contributed by atoms with Crippen LogP contribution in [0.25, 0.3) is 10.9 Å². The number of benzene rings is 1. The lowest BCUT2D eigenvalue weighted by Gasteiger charge is -2.29. The Morgan fingerprint density at radius 1 is 1.26 bits per heavy atom. The topological polar surface area (TPSA) is 55.5 Å². The van der Waals surface area contributed by atoms with Crippen LogP contribution in [0.2, 0.25) is 0 Å². The first kappa shape index (κ1) is 19.7. The Bertz CT molecular complexity index is 748. The predicted octanol–water partition coefficient (Wildman–Crippen LogP) is 3.14. The SMILES string of the molecule is CN=C(NCCc1c[nH]c2ccc(F)cc12)NCC(C)CN1CCCCC1. The van der Waals surface area contributed by atoms with Crippen molar-refractivity contribution in [1.82, 2.24) is 20.5 Å². The van der Waals surface area contributed by atoms with Crippen molar-refractivity contribution in [3.8, 4) is 0 Å². The number of aliphatic imine (C=N–C) groups is 1. The first-order valence-electron chi connectivity index (χ1n) is 10.1. The molecule has 0 bridgehead atoms. The summed E-state index contributed by atoms with van der Waals surface area (Å²) >= 11 is 0. The molecule has 1 aromatic heterocycles. The highest BCUT2D eigenvalue weighted by Crippen LogP contribution is 2.19. The van der Waals surface area contributed by atoms with Crippen LogP contribution in [0.4, 0.5) is 4.39 Å². The summed E-state index contributed by atoms with van der Waals surface area (Å²) in [5, 5.41) is 7.75. The van der Waals surface area contributed by atoms with E-state index in [4.69, 9.17) is 0 Å². The van der Waals surface area contributed by atoms with E-state index in [9.17, 15) is 4.39 Å². The van der Waals surface area contributed by atoms with E-state index in [0.29, 0.717) is 5.92 Å². The molecule has 1 saturated heterocycles. The third-order valence-corrected chi connectivity index (χ3v) is 5.28. The molecule has 1 aromatic carbocycles. The summed E-state index contributed by atoms with van der Waals surface area (Å²) in [6.07, 6.45) is 6.82. The number of aromatic amines is 1. The Balaban J connectivity index is 1.41. The molecular formula is C21H32FN5. The van der Waals surface area contributed by atoms with E-state index >= 15 is 0 Å². The maximum absolute atomic E-state index is 13.5. The molecule has 148 valence electrons. The van der Waals surface area contributed by atoms with E-state index in [1.54, 1.807) is 19.2 Å². The van der Waals surface area contributed by atoms with E-state index in [1.807, 2.05) is 6.20 Å². The largest absolute Gasteiger partial charge is 0.361 e. The van der Waals surface area contributed by atoms with Crippen molar-refractivity contribution in [2.75, 3.05) is 39.8 Å². The Labute approximate surface area is 161 Å². The van der Waals surface area contributed by atoms with Crippen LogP contribution in [0.15, 0.2) is 29.4 Å². The summed E-state index contributed by atoms with van der Waals surface area (Å²) in [7, 11) is 1.80. The number of piperidine rings is 1. The molecule has 1 aliphatic rings. The maximum Gasteiger partial charge on any atom is 0.190 e. The molecule has 1 atom stereocenters. The fourth-order valence-corrected chi connectivity index (χ4v) is 3.81. The van der Waals surface area contributed by atoms with Gasteiger partial charge in [0.15, 0.2) is 5.96 Å². The minimum absolute atomic E-state index is 0.198. The lowest BCUT2D eigenvalue weighted by Crippen LogP contribution is -2.42. The molecule has 2 aromatic rings. The number of aromatic nitrogens is 1. The number of hydrogen-bond acceptors (Lipinski definition) is 2. The zero-order valence-corrected chi connectivity index (χ0v) is 16.5. The van der Waals surface area contributed by atoms with Crippen LogP contribution in [0, 0.1) is 11.7 Å². The molecule has 27 heavy (non-hydrogen) atoms. The fourth-order valence-electron chi connectivity index (χ4n) is 3.81. The van der Waals surface area contributed by atoms with E-state index in [-0.39, 0.29) is 5.82 Å². The Morgan fingerprint density at radius 2 is 2.07 bits per heavy atom. The van der Waals surface area contributed by atoms with Gasteiger partial charge in [-0.3, -0.25) is 4.99 Å². The van der Waals surface area contributed by atoms with Crippen LogP contribution in [0.3, 0.4) is 0 Å². The highest BCUT2D eigenvalue weighted by atomic mass is 19.1. The number of H-pyrrole nitrogens is 1. The quantitative estimate of drug-likeness (QED) is 0.516. The smallest absolute Gasteiger partial charge is 0.190 e. The van der Waals surface area contributed by atoms with E-state index in [2.05, 4.69) is 32.4 Å². The first-order valence-corrected chi connectivity index (χ1v) is 10.1. The fraction of sp³-hybridized carbons (Fsp3) is 0.571. The van der Waals surface area contributed by atoms with E-state index in [0.717, 1.165) is 48.5 Å². The first-order chi connectivity index (χ1) is 13.2. The van der Waals surface area contributed by atoms with Crippen LogP contribution in [0.5, 0.6) is 0 Å². The van der Waals surface area contributed by atoms with Gasteiger partial charge in [0.2, 0.25) is 0 Å². The summed E-state index contributed by atoms with van der Waals surface area (Å²) in [5.74, 6) is 1.21. The highest BCUT2D eigenvalue weighted by Gasteiger charge is 2.13. The average Bonchev–Trinajstić information content (AvgIpc) is 3.07.